The summed E-state index contributed by atoms with van der Waals surface area (Å²) < 4.78 is 24.2. The average molecular weight is 367 g/mol. The van der Waals surface area contributed by atoms with Gasteiger partial charge in [-0.15, -0.1) is 0 Å². The topological polar surface area (TPSA) is 76.1 Å². The average Bonchev–Trinajstić information content (AvgIpc) is 2.64. The Morgan fingerprint density at radius 1 is 1.31 bits per heavy atom. The number of ether oxygens (including phenoxy) is 2. The van der Waals surface area contributed by atoms with Gasteiger partial charge in [-0.25, -0.2) is 4.39 Å². The van der Waals surface area contributed by atoms with Gasteiger partial charge in [-0.05, 0) is 43.9 Å². The number of carboxylic acid groups (broad SMARTS) is 1. The van der Waals surface area contributed by atoms with E-state index in [4.69, 9.17) is 14.6 Å². The van der Waals surface area contributed by atoms with Gasteiger partial charge in [0.25, 0.3) is 5.91 Å². The van der Waals surface area contributed by atoms with Crippen molar-refractivity contribution < 1.29 is 28.6 Å². The molecular weight excluding hydrogens is 341 g/mol. The Morgan fingerprint density at radius 3 is 2.85 bits per heavy atom. The molecule has 0 bridgehead atoms. The standard InChI is InChI=1S/C19H26FNO5/c1-25-10-11-26-13-15-12-14(5-7-17(15)20)19(24)21-9-3-2-4-16(21)6-8-18(22)23/h5,7,12,16H,2-4,6,8-11,13H2,1H3,(H,22,23). The third-order valence-corrected chi connectivity index (χ3v) is 4.56. The lowest BCUT2D eigenvalue weighted by Crippen LogP contribution is -2.44. The van der Waals surface area contributed by atoms with Gasteiger partial charge in [0, 0.05) is 37.2 Å². The molecule has 0 spiro atoms. The lowest BCUT2D eigenvalue weighted by Gasteiger charge is -2.35. The third-order valence-electron chi connectivity index (χ3n) is 4.56. The maximum Gasteiger partial charge on any atom is 0.303 e. The molecule has 0 aromatic heterocycles. The van der Waals surface area contributed by atoms with E-state index in [1.807, 2.05) is 0 Å². The highest BCUT2D eigenvalue weighted by Crippen LogP contribution is 2.24. The predicted molar refractivity (Wildman–Crippen MR) is 93.5 cm³/mol. The van der Waals surface area contributed by atoms with E-state index in [9.17, 15) is 14.0 Å². The minimum atomic E-state index is -0.861. The van der Waals surface area contributed by atoms with Gasteiger partial charge in [0.05, 0.1) is 19.8 Å². The lowest BCUT2D eigenvalue weighted by molar-refractivity contribution is -0.137. The van der Waals surface area contributed by atoms with Crippen molar-refractivity contribution in [1.29, 1.82) is 0 Å². The van der Waals surface area contributed by atoms with Crippen LogP contribution >= 0.6 is 0 Å². The normalized spacial score (nSPS) is 17.3. The number of nitrogens with zero attached hydrogens (tertiary/aromatic N) is 1. The van der Waals surface area contributed by atoms with Crippen molar-refractivity contribution in [3.63, 3.8) is 0 Å². The van der Waals surface area contributed by atoms with Crippen molar-refractivity contribution in [2.24, 2.45) is 0 Å². The summed E-state index contributed by atoms with van der Waals surface area (Å²) in [5.41, 5.74) is 0.727. The molecule has 1 unspecified atom stereocenters. The van der Waals surface area contributed by atoms with E-state index >= 15 is 0 Å². The van der Waals surface area contributed by atoms with Crippen LogP contribution in [0, 0.1) is 5.82 Å². The number of carboxylic acids is 1. The molecule has 0 saturated carbocycles. The fourth-order valence-corrected chi connectivity index (χ4v) is 3.17. The number of piperidine rings is 1. The summed E-state index contributed by atoms with van der Waals surface area (Å²) in [4.78, 5) is 25.5. The van der Waals surface area contributed by atoms with Crippen LogP contribution in [0.3, 0.4) is 0 Å². The molecule has 144 valence electrons. The van der Waals surface area contributed by atoms with Crippen molar-refractivity contribution in [3.8, 4) is 0 Å². The molecule has 2 rings (SSSR count). The molecule has 1 aliphatic heterocycles. The van der Waals surface area contributed by atoms with E-state index in [2.05, 4.69) is 0 Å². The molecule has 1 aliphatic rings. The van der Waals surface area contributed by atoms with Gasteiger partial charge in [-0.3, -0.25) is 9.59 Å². The van der Waals surface area contributed by atoms with Crippen LogP contribution in [0.5, 0.6) is 0 Å². The summed E-state index contributed by atoms with van der Waals surface area (Å²) in [7, 11) is 1.56. The Hall–Kier alpha value is -1.99. The Balaban J connectivity index is 2.07. The maximum absolute atomic E-state index is 14.0. The highest BCUT2D eigenvalue weighted by atomic mass is 19.1. The summed E-state index contributed by atoms with van der Waals surface area (Å²) in [6.07, 6.45) is 3.15. The molecule has 1 heterocycles. The zero-order valence-corrected chi connectivity index (χ0v) is 15.1. The van der Waals surface area contributed by atoms with Crippen LogP contribution in [-0.4, -0.2) is 54.8 Å². The highest BCUT2D eigenvalue weighted by molar-refractivity contribution is 5.94. The van der Waals surface area contributed by atoms with Crippen molar-refractivity contribution in [1.82, 2.24) is 4.90 Å². The first-order valence-electron chi connectivity index (χ1n) is 8.90. The summed E-state index contributed by atoms with van der Waals surface area (Å²) >= 11 is 0. The minimum absolute atomic E-state index is 0.0381. The van der Waals surface area contributed by atoms with Gasteiger partial charge in [-0.2, -0.15) is 0 Å². The Labute approximate surface area is 152 Å². The molecule has 1 saturated heterocycles. The number of carbonyl (C=O) groups is 2. The second kappa shape index (κ2) is 10.2. The number of likely N-dealkylation sites (tertiary alicyclic amines) is 1. The number of hydrogen-bond donors (Lipinski definition) is 1. The molecule has 1 fully saturated rings. The van der Waals surface area contributed by atoms with E-state index in [1.165, 1.54) is 18.2 Å². The van der Waals surface area contributed by atoms with Gasteiger partial charge in [0.2, 0.25) is 0 Å². The molecular formula is C19H26FNO5. The zero-order valence-electron chi connectivity index (χ0n) is 15.1. The number of rotatable bonds is 9. The van der Waals surface area contributed by atoms with E-state index in [0.29, 0.717) is 37.3 Å². The van der Waals surface area contributed by atoms with E-state index in [1.54, 1.807) is 12.0 Å². The molecule has 1 aromatic rings. The number of halogens is 1. The van der Waals surface area contributed by atoms with Crippen LogP contribution in [0.15, 0.2) is 18.2 Å². The summed E-state index contributed by atoms with van der Waals surface area (Å²) in [6.45, 7) is 1.43. The van der Waals surface area contributed by atoms with Crippen LogP contribution in [0.25, 0.3) is 0 Å². The highest BCUT2D eigenvalue weighted by Gasteiger charge is 2.28. The number of amides is 1. The number of carbonyl (C=O) groups excluding carboxylic acids is 1. The number of hydrogen-bond acceptors (Lipinski definition) is 4. The van der Waals surface area contributed by atoms with Gasteiger partial charge in [-0.1, -0.05) is 0 Å². The fourth-order valence-electron chi connectivity index (χ4n) is 3.17. The van der Waals surface area contributed by atoms with Crippen LogP contribution in [0.1, 0.15) is 48.0 Å². The van der Waals surface area contributed by atoms with Gasteiger partial charge in [0.1, 0.15) is 5.82 Å². The Kier molecular flexibility index (Phi) is 8.00. The summed E-state index contributed by atoms with van der Waals surface area (Å²) in [5, 5.41) is 8.91. The summed E-state index contributed by atoms with van der Waals surface area (Å²) in [5.74, 6) is -1.46. The second-order valence-corrected chi connectivity index (χ2v) is 6.43. The molecule has 6 nitrogen and oxygen atoms in total. The second-order valence-electron chi connectivity index (χ2n) is 6.43. The lowest BCUT2D eigenvalue weighted by atomic mass is 9.96. The molecule has 26 heavy (non-hydrogen) atoms. The monoisotopic (exact) mass is 367 g/mol. The van der Waals surface area contributed by atoms with E-state index < -0.39 is 11.8 Å². The third kappa shape index (κ3) is 5.78. The van der Waals surface area contributed by atoms with Gasteiger partial charge >= 0.3 is 5.97 Å². The van der Waals surface area contributed by atoms with Crippen molar-refractivity contribution in [2.45, 2.75) is 44.8 Å². The van der Waals surface area contributed by atoms with E-state index in [0.717, 1.165) is 19.3 Å². The van der Waals surface area contributed by atoms with Gasteiger partial charge in [0.15, 0.2) is 0 Å². The first-order chi connectivity index (χ1) is 12.5. The first kappa shape index (κ1) is 20.3. The van der Waals surface area contributed by atoms with Crippen molar-refractivity contribution in [2.75, 3.05) is 26.9 Å². The molecule has 7 heteroatoms. The van der Waals surface area contributed by atoms with Crippen molar-refractivity contribution in [3.05, 3.63) is 35.1 Å². The van der Waals surface area contributed by atoms with Crippen LogP contribution < -0.4 is 0 Å². The predicted octanol–water partition coefficient (Wildman–Crippen LogP) is 2.85. The number of methoxy groups -OCH3 is 1. The number of aliphatic carboxylic acids is 1. The van der Waals surface area contributed by atoms with Crippen LogP contribution in [-0.2, 0) is 20.9 Å². The minimum Gasteiger partial charge on any atom is -0.481 e. The molecule has 1 N–H and O–H groups in total. The Morgan fingerprint density at radius 2 is 2.12 bits per heavy atom. The smallest absolute Gasteiger partial charge is 0.303 e. The molecule has 1 atom stereocenters. The Bertz CT molecular complexity index is 622. The zero-order chi connectivity index (χ0) is 18.9. The molecule has 0 aliphatic carbocycles. The van der Waals surface area contributed by atoms with Crippen LogP contribution in [0.2, 0.25) is 0 Å². The molecule has 0 radical (unpaired) electrons. The first-order valence-corrected chi connectivity index (χ1v) is 8.90. The molecule has 1 aromatic carbocycles. The largest absolute Gasteiger partial charge is 0.481 e. The van der Waals surface area contributed by atoms with Crippen molar-refractivity contribution >= 4 is 11.9 Å². The van der Waals surface area contributed by atoms with Crippen LogP contribution in [0.4, 0.5) is 4.39 Å². The maximum atomic E-state index is 14.0. The van der Waals surface area contributed by atoms with E-state index in [-0.39, 0.29) is 25.0 Å². The molecule has 1 amide bonds. The SMILES string of the molecule is COCCOCc1cc(C(=O)N2CCCCC2CCC(=O)O)ccc1F. The fraction of sp³-hybridized carbons (Fsp3) is 0.579. The van der Waals surface area contributed by atoms with Gasteiger partial charge < -0.3 is 19.5 Å². The quantitative estimate of drug-likeness (QED) is 0.679. The number of benzene rings is 1. The summed E-state index contributed by atoms with van der Waals surface area (Å²) in [6, 6.07) is 4.18.